The molecule has 0 radical (unpaired) electrons. The molecule has 0 bridgehead atoms. The van der Waals surface area contributed by atoms with Gasteiger partial charge in [0.1, 0.15) is 17.2 Å². The van der Waals surface area contributed by atoms with Crippen LogP contribution in [0, 0.1) is 11.6 Å². The second-order valence-corrected chi connectivity index (χ2v) is 3.98. The number of esters is 1. The highest BCUT2D eigenvalue weighted by atomic mass is 19.1. The van der Waals surface area contributed by atoms with Crippen molar-refractivity contribution in [2.24, 2.45) is 0 Å². The Hall–Kier alpha value is -2.63. The van der Waals surface area contributed by atoms with Gasteiger partial charge >= 0.3 is 5.97 Å². The molecule has 21 heavy (non-hydrogen) atoms. The number of methoxy groups -OCH3 is 2. The van der Waals surface area contributed by atoms with Crippen molar-refractivity contribution in [1.82, 2.24) is 0 Å². The maximum atomic E-state index is 13.6. The van der Waals surface area contributed by atoms with Crippen LogP contribution in [0.1, 0.15) is 10.4 Å². The van der Waals surface area contributed by atoms with E-state index in [9.17, 15) is 13.6 Å². The van der Waals surface area contributed by atoms with Crippen molar-refractivity contribution in [3.05, 3.63) is 53.6 Å². The Balaban J connectivity index is 2.40. The number of halogens is 2. The van der Waals surface area contributed by atoms with Crippen molar-refractivity contribution in [3.8, 4) is 17.2 Å². The molecule has 0 aromatic heterocycles. The predicted octanol–water partition coefficient (Wildman–Crippen LogP) is 3.20. The Morgan fingerprint density at radius 1 is 0.905 bits per heavy atom. The lowest BCUT2D eigenvalue weighted by Crippen LogP contribution is -2.14. The van der Waals surface area contributed by atoms with Crippen LogP contribution in [-0.4, -0.2) is 20.2 Å². The lowest BCUT2D eigenvalue weighted by Gasteiger charge is -2.13. The maximum Gasteiger partial charge on any atom is 0.349 e. The fourth-order valence-electron chi connectivity index (χ4n) is 1.75. The van der Waals surface area contributed by atoms with Gasteiger partial charge in [0.15, 0.2) is 11.5 Å². The minimum Gasteiger partial charge on any atom is -0.493 e. The Labute approximate surface area is 119 Å². The second kappa shape index (κ2) is 6.21. The van der Waals surface area contributed by atoms with Crippen LogP contribution < -0.4 is 14.2 Å². The van der Waals surface area contributed by atoms with Gasteiger partial charge in [-0.1, -0.05) is 12.1 Å². The molecule has 0 atom stereocenters. The predicted molar refractivity (Wildman–Crippen MR) is 70.9 cm³/mol. The van der Waals surface area contributed by atoms with Crippen LogP contribution in [0.25, 0.3) is 0 Å². The van der Waals surface area contributed by atoms with Crippen LogP contribution in [0.2, 0.25) is 0 Å². The van der Waals surface area contributed by atoms with Crippen molar-refractivity contribution in [2.75, 3.05) is 14.2 Å². The largest absolute Gasteiger partial charge is 0.493 e. The Morgan fingerprint density at radius 3 is 1.86 bits per heavy atom. The van der Waals surface area contributed by atoms with Crippen molar-refractivity contribution in [1.29, 1.82) is 0 Å². The molecule has 0 unspecified atom stereocenters. The summed E-state index contributed by atoms with van der Waals surface area (Å²) in [6, 6.07) is 7.79. The van der Waals surface area contributed by atoms with Gasteiger partial charge in [-0.25, -0.2) is 13.6 Å². The van der Waals surface area contributed by atoms with Crippen molar-refractivity contribution in [2.45, 2.75) is 0 Å². The van der Waals surface area contributed by atoms with Crippen LogP contribution >= 0.6 is 0 Å². The molecule has 2 aromatic carbocycles. The van der Waals surface area contributed by atoms with Gasteiger partial charge in [0, 0.05) is 0 Å². The highest BCUT2D eigenvalue weighted by molar-refractivity contribution is 5.92. The van der Waals surface area contributed by atoms with Gasteiger partial charge in [0.2, 0.25) is 5.75 Å². The second-order valence-electron chi connectivity index (χ2n) is 3.98. The van der Waals surface area contributed by atoms with Gasteiger partial charge < -0.3 is 14.2 Å². The van der Waals surface area contributed by atoms with Crippen molar-refractivity contribution < 1.29 is 27.8 Å². The number of benzene rings is 2. The fourth-order valence-corrected chi connectivity index (χ4v) is 1.75. The molecule has 110 valence electrons. The topological polar surface area (TPSA) is 44.8 Å². The Bertz CT molecular complexity index is 628. The minimum absolute atomic E-state index is 0.0462. The first-order valence-electron chi connectivity index (χ1n) is 5.95. The van der Waals surface area contributed by atoms with E-state index in [1.807, 2.05) is 0 Å². The quantitative estimate of drug-likeness (QED) is 0.641. The van der Waals surface area contributed by atoms with E-state index in [-0.39, 0.29) is 17.2 Å². The zero-order valence-corrected chi connectivity index (χ0v) is 11.4. The lowest BCUT2D eigenvalue weighted by atomic mass is 10.2. The first-order valence-corrected chi connectivity index (χ1v) is 5.95. The number of ether oxygens (including phenoxy) is 3. The van der Waals surface area contributed by atoms with E-state index in [1.54, 1.807) is 6.07 Å². The molecule has 0 saturated carbocycles. The van der Waals surface area contributed by atoms with Gasteiger partial charge in [0.05, 0.1) is 14.2 Å². The van der Waals surface area contributed by atoms with Gasteiger partial charge in [-0.2, -0.15) is 0 Å². The normalized spacial score (nSPS) is 10.1. The first-order chi connectivity index (χ1) is 10.1. The molecular formula is C15H12F2O4. The van der Waals surface area contributed by atoms with Crippen molar-refractivity contribution in [3.63, 3.8) is 0 Å². The molecule has 4 nitrogen and oxygen atoms in total. The van der Waals surface area contributed by atoms with E-state index >= 15 is 0 Å². The molecule has 2 rings (SSSR count). The van der Waals surface area contributed by atoms with Gasteiger partial charge in [-0.15, -0.1) is 0 Å². The summed E-state index contributed by atoms with van der Waals surface area (Å²) >= 11 is 0. The summed E-state index contributed by atoms with van der Waals surface area (Å²) in [5, 5.41) is 0. The summed E-state index contributed by atoms with van der Waals surface area (Å²) in [5.41, 5.74) is -0.773. The van der Waals surface area contributed by atoms with E-state index in [4.69, 9.17) is 14.2 Å². The maximum absolute atomic E-state index is 13.6. The van der Waals surface area contributed by atoms with E-state index in [0.717, 1.165) is 18.2 Å². The fraction of sp³-hybridized carbons (Fsp3) is 0.133. The van der Waals surface area contributed by atoms with Crippen LogP contribution in [0.4, 0.5) is 8.78 Å². The lowest BCUT2D eigenvalue weighted by molar-refractivity contribution is 0.0714. The third-order valence-corrected chi connectivity index (χ3v) is 2.74. The summed E-state index contributed by atoms with van der Waals surface area (Å²) in [5.74, 6) is -2.81. The van der Waals surface area contributed by atoms with E-state index in [2.05, 4.69) is 0 Å². The SMILES string of the molecule is COc1cccc(OC)c1OC(=O)c1c(F)cccc1F. The number of carbonyl (C=O) groups is 1. The van der Waals surface area contributed by atoms with Crippen molar-refractivity contribution >= 4 is 5.97 Å². The zero-order valence-electron chi connectivity index (χ0n) is 11.4. The number of hydrogen-bond acceptors (Lipinski definition) is 4. The average Bonchev–Trinajstić information content (AvgIpc) is 2.47. The van der Waals surface area contributed by atoms with Crippen LogP contribution in [0.15, 0.2) is 36.4 Å². The smallest absolute Gasteiger partial charge is 0.349 e. The molecule has 0 saturated heterocycles. The molecule has 0 fully saturated rings. The molecule has 0 N–H and O–H groups in total. The van der Waals surface area contributed by atoms with E-state index in [1.165, 1.54) is 26.4 Å². The molecule has 0 aliphatic heterocycles. The molecule has 0 aliphatic rings. The Kier molecular flexibility index (Phi) is 4.37. The minimum atomic E-state index is -1.17. The van der Waals surface area contributed by atoms with Gasteiger partial charge in [-0.3, -0.25) is 0 Å². The summed E-state index contributed by atoms with van der Waals surface area (Å²) in [4.78, 5) is 12.0. The van der Waals surface area contributed by atoms with Crippen LogP contribution in [0.5, 0.6) is 17.2 Å². The monoisotopic (exact) mass is 294 g/mol. The molecule has 0 aliphatic carbocycles. The third kappa shape index (κ3) is 2.94. The van der Waals surface area contributed by atoms with Crippen LogP contribution in [0.3, 0.4) is 0 Å². The number of rotatable bonds is 4. The highest BCUT2D eigenvalue weighted by Crippen LogP contribution is 2.37. The van der Waals surface area contributed by atoms with Gasteiger partial charge in [0.25, 0.3) is 0 Å². The molecule has 0 amide bonds. The molecule has 2 aromatic rings. The van der Waals surface area contributed by atoms with E-state index < -0.39 is 23.2 Å². The van der Waals surface area contributed by atoms with Gasteiger partial charge in [-0.05, 0) is 24.3 Å². The summed E-state index contributed by atoms with van der Waals surface area (Å²) in [6.07, 6.45) is 0. The molecular weight excluding hydrogens is 282 g/mol. The zero-order chi connectivity index (χ0) is 15.4. The van der Waals surface area contributed by atoms with E-state index in [0.29, 0.717) is 0 Å². The summed E-state index contributed by atoms with van der Waals surface area (Å²) in [7, 11) is 2.74. The number of para-hydroxylation sites is 1. The number of carbonyl (C=O) groups excluding carboxylic acids is 1. The third-order valence-electron chi connectivity index (χ3n) is 2.74. The highest BCUT2D eigenvalue weighted by Gasteiger charge is 2.22. The molecule has 0 heterocycles. The average molecular weight is 294 g/mol. The Morgan fingerprint density at radius 2 is 1.38 bits per heavy atom. The van der Waals surface area contributed by atoms with Crippen LogP contribution in [-0.2, 0) is 0 Å². The summed E-state index contributed by atoms with van der Waals surface area (Å²) < 4.78 is 42.2. The molecule has 6 heteroatoms. The summed E-state index contributed by atoms with van der Waals surface area (Å²) in [6.45, 7) is 0. The molecule has 0 spiro atoms. The standard InChI is InChI=1S/C15H12F2O4/c1-19-11-7-4-8-12(20-2)14(11)21-15(18)13-9(16)5-3-6-10(13)17/h3-8H,1-2H3. The number of hydrogen-bond donors (Lipinski definition) is 0. The first kappa shape index (κ1) is 14.8.